The molecule has 0 heterocycles. The van der Waals surface area contributed by atoms with Crippen LogP contribution in [0, 0.1) is 5.82 Å². The third-order valence-electron chi connectivity index (χ3n) is 2.20. The summed E-state index contributed by atoms with van der Waals surface area (Å²) < 4.78 is 48.2. The van der Waals surface area contributed by atoms with Gasteiger partial charge in [0, 0.05) is 11.3 Å². The Hall–Kier alpha value is -1.04. The van der Waals surface area contributed by atoms with Crippen LogP contribution in [0.4, 0.5) is 17.6 Å². The molecule has 0 aliphatic heterocycles. The average molecular weight is 280 g/mol. The molecule has 0 N–H and O–H groups in total. The Morgan fingerprint density at radius 1 is 1.11 bits per heavy atom. The van der Waals surface area contributed by atoms with Crippen LogP contribution in [0.25, 0.3) is 0 Å². The molecule has 0 bridgehead atoms. The molecule has 6 heteroatoms. The van der Waals surface area contributed by atoms with Gasteiger partial charge in [0.25, 0.3) is 0 Å². The lowest BCUT2D eigenvalue weighted by molar-refractivity contribution is -0.171. The van der Waals surface area contributed by atoms with E-state index in [0.29, 0.717) is 12.2 Å². The van der Waals surface area contributed by atoms with Gasteiger partial charge in [-0.05, 0) is 42.9 Å². The number of carbonyl (C=O) groups is 1. The minimum atomic E-state index is -4.72. The van der Waals surface area contributed by atoms with Gasteiger partial charge < -0.3 is 0 Å². The van der Waals surface area contributed by atoms with E-state index in [4.69, 9.17) is 0 Å². The summed E-state index contributed by atoms with van der Waals surface area (Å²) in [5.74, 6) is -1.39. The number of carbonyl (C=O) groups excluding carboxylic acids is 1. The normalized spacial score (nSPS) is 11.6. The number of thioether (sulfide) groups is 1. The van der Waals surface area contributed by atoms with Crippen LogP contribution in [0.2, 0.25) is 0 Å². The molecule has 0 unspecified atom stereocenters. The number of unbranched alkanes of at least 4 members (excludes halogenated alkanes) is 1. The highest BCUT2D eigenvalue weighted by atomic mass is 32.2. The van der Waals surface area contributed by atoms with Gasteiger partial charge in [-0.2, -0.15) is 13.2 Å². The number of hydrogen-bond donors (Lipinski definition) is 0. The van der Waals surface area contributed by atoms with E-state index >= 15 is 0 Å². The summed E-state index contributed by atoms with van der Waals surface area (Å²) in [6.45, 7) is 0. The van der Waals surface area contributed by atoms with Gasteiger partial charge in [0.15, 0.2) is 0 Å². The van der Waals surface area contributed by atoms with E-state index in [1.165, 1.54) is 23.9 Å². The molecular formula is C12H12F4OS. The number of benzene rings is 1. The smallest absolute Gasteiger partial charge is 0.290 e. The predicted octanol–water partition coefficient (Wildman–Crippen LogP) is 4.22. The summed E-state index contributed by atoms with van der Waals surface area (Å²) in [6, 6.07) is 5.88. The highest BCUT2D eigenvalue weighted by Crippen LogP contribution is 2.22. The Bertz CT molecular complexity index is 386. The summed E-state index contributed by atoms with van der Waals surface area (Å²) in [7, 11) is 0. The van der Waals surface area contributed by atoms with E-state index in [1.54, 1.807) is 12.1 Å². The zero-order chi connectivity index (χ0) is 13.6. The number of halogens is 4. The minimum absolute atomic E-state index is 0.215. The van der Waals surface area contributed by atoms with E-state index < -0.39 is 18.4 Å². The first kappa shape index (κ1) is 15.0. The van der Waals surface area contributed by atoms with Crippen molar-refractivity contribution in [2.24, 2.45) is 0 Å². The molecule has 0 atom stereocenters. The third-order valence-corrected chi connectivity index (χ3v) is 3.30. The fourth-order valence-corrected chi connectivity index (χ4v) is 2.16. The molecular weight excluding hydrogens is 268 g/mol. The number of ketones is 1. The molecule has 1 aromatic carbocycles. The fourth-order valence-electron chi connectivity index (χ4n) is 1.25. The van der Waals surface area contributed by atoms with E-state index in [0.717, 1.165) is 4.90 Å². The molecule has 1 aromatic rings. The zero-order valence-corrected chi connectivity index (χ0v) is 10.3. The van der Waals surface area contributed by atoms with Crippen molar-refractivity contribution in [3.05, 3.63) is 30.1 Å². The monoisotopic (exact) mass is 280 g/mol. The maximum absolute atomic E-state index is 12.6. The van der Waals surface area contributed by atoms with Crippen LogP contribution in [0.15, 0.2) is 29.2 Å². The van der Waals surface area contributed by atoms with Crippen molar-refractivity contribution in [1.82, 2.24) is 0 Å². The van der Waals surface area contributed by atoms with Gasteiger partial charge in [-0.1, -0.05) is 0 Å². The van der Waals surface area contributed by atoms with Crippen LogP contribution in [-0.4, -0.2) is 17.7 Å². The second kappa shape index (κ2) is 6.78. The van der Waals surface area contributed by atoms with Crippen molar-refractivity contribution >= 4 is 17.5 Å². The average Bonchev–Trinajstić information content (AvgIpc) is 2.29. The maximum Gasteiger partial charge on any atom is 0.449 e. The van der Waals surface area contributed by atoms with Gasteiger partial charge in [0.1, 0.15) is 5.82 Å². The van der Waals surface area contributed by atoms with Crippen molar-refractivity contribution < 1.29 is 22.4 Å². The largest absolute Gasteiger partial charge is 0.449 e. The summed E-state index contributed by atoms with van der Waals surface area (Å²) >= 11 is 1.43. The molecule has 0 fully saturated rings. The Morgan fingerprint density at radius 2 is 1.72 bits per heavy atom. The SMILES string of the molecule is O=C(CCCCSc1ccc(F)cc1)C(F)(F)F. The van der Waals surface area contributed by atoms with Gasteiger partial charge in [0.05, 0.1) is 0 Å². The number of hydrogen-bond acceptors (Lipinski definition) is 2. The van der Waals surface area contributed by atoms with Crippen molar-refractivity contribution in [3.63, 3.8) is 0 Å². The Balaban J connectivity index is 2.16. The number of alkyl halides is 3. The van der Waals surface area contributed by atoms with Gasteiger partial charge in [-0.3, -0.25) is 4.79 Å². The fraction of sp³-hybridized carbons (Fsp3) is 0.417. The van der Waals surface area contributed by atoms with E-state index in [-0.39, 0.29) is 12.2 Å². The van der Waals surface area contributed by atoms with Crippen LogP contribution >= 0.6 is 11.8 Å². The quantitative estimate of drug-likeness (QED) is 0.441. The summed E-state index contributed by atoms with van der Waals surface area (Å²) in [4.78, 5) is 11.4. The summed E-state index contributed by atoms with van der Waals surface area (Å²) in [5, 5.41) is 0. The van der Waals surface area contributed by atoms with Gasteiger partial charge in [-0.25, -0.2) is 4.39 Å². The van der Waals surface area contributed by atoms with E-state index in [2.05, 4.69) is 0 Å². The van der Waals surface area contributed by atoms with Gasteiger partial charge >= 0.3 is 6.18 Å². The first-order chi connectivity index (χ1) is 8.39. The molecule has 0 amide bonds. The number of rotatable bonds is 6. The molecule has 0 aromatic heterocycles. The second-order valence-electron chi connectivity index (χ2n) is 3.68. The lowest BCUT2D eigenvalue weighted by atomic mass is 10.2. The lowest BCUT2D eigenvalue weighted by Gasteiger charge is -2.04. The van der Waals surface area contributed by atoms with Gasteiger partial charge in [-0.15, -0.1) is 11.8 Å². The predicted molar refractivity (Wildman–Crippen MR) is 62.0 cm³/mol. The zero-order valence-electron chi connectivity index (χ0n) is 9.47. The van der Waals surface area contributed by atoms with Crippen LogP contribution in [-0.2, 0) is 4.79 Å². The first-order valence-electron chi connectivity index (χ1n) is 5.38. The van der Waals surface area contributed by atoms with Crippen molar-refractivity contribution in [2.75, 3.05) is 5.75 Å². The Morgan fingerprint density at radius 3 is 2.28 bits per heavy atom. The third kappa shape index (κ3) is 5.53. The van der Waals surface area contributed by atoms with Crippen molar-refractivity contribution in [1.29, 1.82) is 0 Å². The molecule has 0 spiro atoms. The standard InChI is InChI=1S/C12H12F4OS/c13-9-4-6-10(7-5-9)18-8-2-1-3-11(17)12(14,15)16/h4-7H,1-3,8H2. The highest BCUT2D eigenvalue weighted by Gasteiger charge is 2.36. The van der Waals surface area contributed by atoms with Crippen LogP contribution < -0.4 is 0 Å². The highest BCUT2D eigenvalue weighted by molar-refractivity contribution is 7.99. The summed E-state index contributed by atoms with van der Waals surface area (Å²) in [6.07, 6.45) is -4.45. The molecule has 0 aliphatic rings. The van der Waals surface area contributed by atoms with Crippen LogP contribution in [0.1, 0.15) is 19.3 Å². The molecule has 18 heavy (non-hydrogen) atoms. The molecule has 0 saturated carbocycles. The van der Waals surface area contributed by atoms with Gasteiger partial charge in [0.2, 0.25) is 5.78 Å². The molecule has 100 valence electrons. The molecule has 0 saturated heterocycles. The van der Waals surface area contributed by atoms with E-state index in [1.807, 2.05) is 0 Å². The maximum atomic E-state index is 12.6. The first-order valence-corrected chi connectivity index (χ1v) is 6.36. The Labute approximate surface area is 107 Å². The molecule has 0 radical (unpaired) electrons. The van der Waals surface area contributed by atoms with Crippen LogP contribution in [0.5, 0.6) is 0 Å². The van der Waals surface area contributed by atoms with Crippen LogP contribution in [0.3, 0.4) is 0 Å². The molecule has 1 nitrogen and oxygen atoms in total. The second-order valence-corrected chi connectivity index (χ2v) is 4.85. The molecule has 0 aliphatic carbocycles. The summed E-state index contributed by atoms with van der Waals surface area (Å²) in [5.41, 5.74) is 0. The van der Waals surface area contributed by atoms with Crippen molar-refractivity contribution in [2.45, 2.75) is 30.3 Å². The van der Waals surface area contributed by atoms with Crippen molar-refractivity contribution in [3.8, 4) is 0 Å². The Kier molecular flexibility index (Phi) is 5.65. The minimum Gasteiger partial charge on any atom is -0.290 e. The number of Topliss-reactive ketones (excluding diaryl/α,β-unsaturated/α-hetero) is 1. The molecule has 1 rings (SSSR count). The van der Waals surface area contributed by atoms with E-state index in [9.17, 15) is 22.4 Å². The lowest BCUT2D eigenvalue weighted by Crippen LogP contribution is -2.22. The topological polar surface area (TPSA) is 17.1 Å².